The number of amides is 1. The predicted octanol–water partition coefficient (Wildman–Crippen LogP) is 3.21. The molecule has 110 valence electrons. The lowest BCUT2D eigenvalue weighted by Crippen LogP contribution is -2.46. The third-order valence-electron chi connectivity index (χ3n) is 4.07. The molecule has 0 radical (unpaired) electrons. The zero-order chi connectivity index (χ0) is 14.8. The van der Waals surface area contributed by atoms with Crippen LogP contribution in [0.25, 0.3) is 0 Å². The van der Waals surface area contributed by atoms with Gasteiger partial charge in [-0.05, 0) is 50.8 Å². The Morgan fingerprint density at radius 3 is 2.80 bits per heavy atom. The van der Waals surface area contributed by atoms with E-state index in [9.17, 15) is 4.79 Å². The van der Waals surface area contributed by atoms with Crippen molar-refractivity contribution in [3.05, 3.63) is 34.9 Å². The van der Waals surface area contributed by atoms with Gasteiger partial charge in [0.05, 0.1) is 5.54 Å². The van der Waals surface area contributed by atoms with Crippen LogP contribution in [0.3, 0.4) is 0 Å². The van der Waals surface area contributed by atoms with Gasteiger partial charge in [0.25, 0.3) is 0 Å². The Balaban J connectivity index is 2.05. The third kappa shape index (κ3) is 3.74. The van der Waals surface area contributed by atoms with E-state index in [2.05, 4.69) is 5.32 Å². The number of halogens is 1. The standard InChI is InChI=1S/C16H23ClN2O/c1-16(2,12-6-4-7-13(17)10-12)19-15(20)11-5-3-8-14(18)9-11/h4,6-7,10-11,14H,3,5,8-9,18H2,1-2H3,(H,19,20). The molecule has 1 aliphatic carbocycles. The molecule has 0 aromatic heterocycles. The zero-order valence-corrected chi connectivity index (χ0v) is 12.9. The molecule has 0 aliphatic heterocycles. The number of benzene rings is 1. The van der Waals surface area contributed by atoms with E-state index in [-0.39, 0.29) is 17.9 Å². The summed E-state index contributed by atoms with van der Waals surface area (Å²) in [6, 6.07) is 7.78. The van der Waals surface area contributed by atoms with Crippen LogP contribution < -0.4 is 11.1 Å². The first-order valence-electron chi connectivity index (χ1n) is 7.22. The second-order valence-corrected chi connectivity index (χ2v) is 6.68. The number of nitrogens with one attached hydrogen (secondary N) is 1. The summed E-state index contributed by atoms with van der Waals surface area (Å²) in [5.41, 5.74) is 6.55. The molecule has 4 heteroatoms. The first kappa shape index (κ1) is 15.3. The fraction of sp³-hybridized carbons (Fsp3) is 0.562. The second-order valence-electron chi connectivity index (χ2n) is 6.25. The van der Waals surface area contributed by atoms with Crippen molar-refractivity contribution in [1.29, 1.82) is 0 Å². The summed E-state index contributed by atoms with van der Waals surface area (Å²) in [7, 11) is 0. The molecule has 1 saturated carbocycles. The fourth-order valence-corrected chi connectivity index (χ4v) is 3.02. The van der Waals surface area contributed by atoms with Crippen molar-refractivity contribution in [1.82, 2.24) is 5.32 Å². The lowest BCUT2D eigenvalue weighted by Gasteiger charge is -2.32. The molecule has 2 rings (SSSR count). The van der Waals surface area contributed by atoms with Crippen molar-refractivity contribution in [3.8, 4) is 0 Å². The molecule has 0 heterocycles. The summed E-state index contributed by atoms with van der Waals surface area (Å²) in [6.07, 6.45) is 3.79. The number of hydrogen-bond acceptors (Lipinski definition) is 2. The van der Waals surface area contributed by atoms with Gasteiger partial charge < -0.3 is 11.1 Å². The first-order chi connectivity index (χ1) is 9.38. The van der Waals surface area contributed by atoms with Gasteiger partial charge in [-0.1, -0.05) is 30.2 Å². The number of nitrogens with two attached hydrogens (primary N) is 1. The maximum Gasteiger partial charge on any atom is 0.223 e. The highest BCUT2D eigenvalue weighted by molar-refractivity contribution is 6.30. The van der Waals surface area contributed by atoms with Gasteiger partial charge in [0, 0.05) is 17.0 Å². The van der Waals surface area contributed by atoms with Gasteiger partial charge >= 0.3 is 0 Å². The highest BCUT2D eigenvalue weighted by atomic mass is 35.5. The molecule has 0 saturated heterocycles. The number of carbonyl (C=O) groups is 1. The molecule has 0 bridgehead atoms. The van der Waals surface area contributed by atoms with E-state index in [1.807, 2.05) is 38.1 Å². The molecule has 2 unspecified atom stereocenters. The smallest absolute Gasteiger partial charge is 0.223 e. The molecule has 2 atom stereocenters. The number of carbonyl (C=O) groups excluding carboxylic acids is 1. The molecule has 1 aliphatic rings. The average Bonchev–Trinajstić information content (AvgIpc) is 2.38. The quantitative estimate of drug-likeness (QED) is 0.899. The van der Waals surface area contributed by atoms with Gasteiger partial charge in [-0.2, -0.15) is 0 Å². The van der Waals surface area contributed by atoms with Crippen LogP contribution in [-0.2, 0) is 10.3 Å². The lowest BCUT2D eigenvalue weighted by molar-refractivity contribution is -0.127. The fourth-order valence-electron chi connectivity index (χ4n) is 2.83. The van der Waals surface area contributed by atoms with Gasteiger partial charge in [0.2, 0.25) is 5.91 Å². The van der Waals surface area contributed by atoms with Crippen molar-refractivity contribution in [3.63, 3.8) is 0 Å². The minimum absolute atomic E-state index is 0.0391. The molecule has 1 aromatic carbocycles. The minimum atomic E-state index is -0.427. The summed E-state index contributed by atoms with van der Waals surface area (Å²) >= 11 is 6.03. The maximum atomic E-state index is 12.4. The molecule has 3 nitrogen and oxygen atoms in total. The Morgan fingerprint density at radius 1 is 1.40 bits per heavy atom. The Morgan fingerprint density at radius 2 is 2.15 bits per heavy atom. The summed E-state index contributed by atoms with van der Waals surface area (Å²) < 4.78 is 0. The molecule has 1 aromatic rings. The van der Waals surface area contributed by atoms with Crippen molar-refractivity contribution in [2.24, 2.45) is 11.7 Å². The molecule has 1 amide bonds. The normalized spacial score (nSPS) is 23.4. The van der Waals surface area contributed by atoms with Gasteiger partial charge in [0.15, 0.2) is 0 Å². The van der Waals surface area contributed by atoms with Crippen LogP contribution in [0.15, 0.2) is 24.3 Å². The summed E-state index contributed by atoms with van der Waals surface area (Å²) in [4.78, 5) is 12.4. The highest BCUT2D eigenvalue weighted by Gasteiger charge is 2.30. The van der Waals surface area contributed by atoms with E-state index in [1.165, 1.54) is 0 Å². The first-order valence-corrected chi connectivity index (χ1v) is 7.60. The van der Waals surface area contributed by atoms with E-state index < -0.39 is 5.54 Å². The van der Waals surface area contributed by atoms with Crippen LogP contribution in [0.2, 0.25) is 5.02 Å². The van der Waals surface area contributed by atoms with Crippen molar-refractivity contribution >= 4 is 17.5 Å². The molecule has 20 heavy (non-hydrogen) atoms. The summed E-state index contributed by atoms with van der Waals surface area (Å²) in [6.45, 7) is 4.00. The molecule has 0 spiro atoms. The zero-order valence-electron chi connectivity index (χ0n) is 12.2. The largest absolute Gasteiger partial charge is 0.347 e. The van der Waals surface area contributed by atoms with Crippen LogP contribution in [-0.4, -0.2) is 11.9 Å². The van der Waals surface area contributed by atoms with Crippen molar-refractivity contribution in [2.75, 3.05) is 0 Å². The lowest BCUT2D eigenvalue weighted by atomic mass is 9.84. The van der Waals surface area contributed by atoms with Crippen molar-refractivity contribution < 1.29 is 4.79 Å². The van der Waals surface area contributed by atoms with Gasteiger partial charge in [0.1, 0.15) is 0 Å². The van der Waals surface area contributed by atoms with Crippen LogP contribution in [0.5, 0.6) is 0 Å². The molecular weight excluding hydrogens is 272 g/mol. The third-order valence-corrected chi connectivity index (χ3v) is 4.30. The van der Waals surface area contributed by atoms with E-state index in [0.29, 0.717) is 5.02 Å². The Labute approximate surface area is 125 Å². The van der Waals surface area contributed by atoms with Crippen LogP contribution in [0.4, 0.5) is 0 Å². The summed E-state index contributed by atoms with van der Waals surface area (Å²) in [5.74, 6) is 0.141. The van der Waals surface area contributed by atoms with Gasteiger partial charge in [-0.25, -0.2) is 0 Å². The molecular formula is C16H23ClN2O. The van der Waals surface area contributed by atoms with E-state index in [0.717, 1.165) is 31.2 Å². The van der Waals surface area contributed by atoms with Crippen LogP contribution in [0, 0.1) is 5.92 Å². The van der Waals surface area contributed by atoms with Gasteiger partial charge in [-0.15, -0.1) is 0 Å². The second kappa shape index (κ2) is 6.15. The van der Waals surface area contributed by atoms with Gasteiger partial charge in [-0.3, -0.25) is 4.79 Å². The Bertz CT molecular complexity index is 487. The highest BCUT2D eigenvalue weighted by Crippen LogP contribution is 2.27. The average molecular weight is 295 g/mol. The van der Waals surface area contributed by atoms with E-state index in [4.69, 9.17) is 17.3 Å². The van der Waals surface area contributed by atoms with E-state index in [1.54, 1.807) is 0 Å². The predicted molar refractivity (Wildman–Crippen MR) is 82.6 cm³/mol. The number of rotatable bonds is 3. The number of hydrogen-bond donors (Lipinski definition) is 2. The molecule has 3 N–H and O–H groups in total. The maximum absolute atomic E-state index is 12.4. The van der Waals surface area contributed by atoms with Crippen molar-refractivity contribution in [2.45, 2.75) is 51.1 Å². The van der Waals surface area contributed by atoms with E-state index >= 15 is 0 Å². The SMILES string of the molecule is CC(C)(NC(=O)C1CCCC(N)C1)c1cccc(Cl)c1. The summed E-state index contributed by atoms with van der Waals surface area (Å²) in [5, 5.41) is 3.82. The monoisotopic (exact) mass is 294 g/mol. The molecule has 1 fully saturated rings. The topological polar surface area (TPSA) is 55.1 Å². The van der Waals surface area contributed by atoms with Crippen LogP contribution in [0.1, 0.15) is 45.1 Å². The minimum Gasteiger partial charge on any atom is -0.347 e. The Kier molecular flexibility index (Phi) is 4.71. The van der Waals surface area contributed by atoms with Crippen LogP contribution >= 0.6 is 11.6 Å². The Hall–Kier alpha value is -1.06.